The second-order valence-corrected chi connectivity index (χ2v) is 4.63. The van der Waals surface area contributed by atoms with E-state index in [1.807, 2.05) is 13.0 Å². The lowest BCUT2D eigenvalue weighted by atomic mass is 10.0. The van der Waals surface area contributed by atoms with Crippen LogP contribution in [0.1, 0.15) is 16.0 Å². The molecule has 2 aromatic rings. The smallest absolute Gasteiger partial charge is 0.126 e. The van der Waals surface area contributed by atoms with Crippen LogP contribution in [-0.2, 0) is 6.42 Å². The summed E-state index contributed by atoms with van der Waals surface area (Å²) in [7, 11) is 0. The van der Waals surface area contributed by atoms with E-state index in [1.165, 1.54) is 21.6 Å². The molecule has 70 valence electrons. The molecule has 1 aromatic heterocycles. The first-order valence-electron chi connectivity index (χ1n) is 4.62. The first kappa shape index (κ1) is 8.18. The second kappa shape index (κ2) is 2.67. The number of benzene rings is 1. The maximum Gasteiger partial charge on any atom is 0.126 e. The normalized spacial score (nSPS) is 12.7. The molecule has 0 radical (unpaired) electrons. The third-order valence-electron chi connectivity index (χ3n) is 2.91. The second-order valence-electron chi connectivity index (χ2n) is 3.63. The van der Waals surface area contributed by atoms with E-state index >= 15 is 0 Å². The molecule has 0 atom stereocenters. The van der Waals surface area contributed by atoms with Gasteiger partial charge in [0.15, 0.2) is 0 Å². The maximum atomic E-state index is 13.3. The minimum absolute atomic E-state index is 0.0843. The molecule has 1 heterocycles. The number of fused-ring (bicyclic) bond motifs is 3. The summed E-state index contributed by atoms with van der Waals surface area (Å²) in [6, 6.07) is 5.60. The molecular weight excluding hydrogens is 195 g/mol. The Morgan fingerprint density at radius 2 is 2.07 bits per heavy atom. The van der Waals surface area contributed by atoms with Crippen LogP contribution in [0.15, 0.2) is 23.6 Å². The zero-order chi connectivity index (χ0) is 9.71. The summed E-state index contributed by atoms with van der Waals surface area (Å²) >= 11 is 1.76. The number of halogens is 1. The summed E-state index contributed by atoms with van der Waals surface area (Å²) in [6.07, 6.45) is 0.909. The van der Waals surface area contributed by atoms with Gasteiger partial charge in [0.1, 0.15) is 5.82 Å². The van der Waals surface area contributed by atoms with Crippen molar-refractivity contribution in [1.82, 2.24) is 0 Å². The van der Waals surface area contributed by atoms with E-state index in [4.69, 9.17) is 0 Å². The lowest BCUT2D eigenvalue weighted by molar-refractivity contribution is 0.617. The van der Waals surface area contributed by atoms with Crippen molar-refractivity contribution in [2.24, 2.45) is 0 Å². The molecule has 0 N–H and O–H groups in total. The minimum Gasteiger partial charge on any atom is -0.207 e. The lowest BCUT2D eigenvalue weighted by Crippen LogP contribution is -1.90. The van der Waals surface area contributed by atoms with Crippen LogP contribution >= 0.6 is 11.3 Å². The Hall–Kier alpha value is -1.15. The molecule has 0 aliphatic heterocycles. The Morgan fingerprint density at radius 3 is 2.93 bits per heavy atom. The van der Waals surface area contributed by atoms with E-state index in [0.717, 1.165) is 12.0 Å². The van der Waals surface area contributed by atoms with E-state index < -0.39 is 0 Å². The minimum atomic E-state index is -0.0843. The van der Waals surface area contributed by atoms with Gasteiger partial charge in [-0.15, -0.1) is 11.3 Å². The van der Waals surface area contributed by atoms with Gasteiger partial charge in [-0.3, -0.25) is 0 Å². The van der Waals surface area contributed by atoms with Crippen molar-refractivity contribution in [1.29, 1.82) is 0 Å². The van der Waals surface area contributed by atoms with Crippen molar-refractivity contribution >= 4 is 11.3 Å². The largest absolute Gasteiger partial charge is 0.207 e. The average molecular weight is 204 g/mol. The molecular formula is C12H9FS. The van der Waals surface area contributed by atoms with Gasteiger partial charge in [0, 0.05) is 11.3 Å². The molecule has 0 fully saturated rings. The summed E-state index contributed by atoms with van der Waals surface area (Å²) in [4.78, 5) is 1.37. The third-order valence-corrected chi connectivity index (χ3v) is 3.83. The molecule has 0 bridgehead atoms. The Kier molecular flexibility index (Phi) is 1.56. The first-order chi connectivity index (χ1) is 6.77. The van der Waals surface area contributed by atoms with Crippen molar-refractivity contribution in [3.63, 3.8) is 0 Å². The van der Waals surface area contributed by atoms with Crippen LogP contribution in [0.25, 0.3) is 11.1 Å². The molecule has 1 aliphatic rings. The monoisotopic (exact) mass is 204 g/mol. The number of hydrogen-bond acceptors (Lipinski definition) is 1. The van der Waals surface area contributed by atoms with Crippen molar-refractivity contribution in [3.05, 3.63) is 45.4 Å². The Labute approximate surface area is 86.0 Å². The standard InChI is InChI=1S/C12H9FS/c1-7-10-6-12-9(4-5-14-12)8(10)2-3-11(7)13/h2-5H,6H2,1H3. The van der Waals surface area contributed by atoms with Crippen LogP contribution in [-0.4, -0.2) is 0 Å². The zero-order valence-electron chi connectivity index (χ0n) is 7.80. The van der Waals surface area contributed by atoms with Crippen molar-refractivity contribution in [2.45, 2.75) is 13.3 Å². The fourth-order valence-corrected chi connectivity index (χ4v) is 2.99. The van der Waals surface area contributed by atoms with Crippen LogP contribution in [0.3, 0.4) is 0 Å². The Balaban J connectivity index is 2.32. The first-order valence-corrected chi connectivity index (χ1v) is 5.50. The Morgan fingerprint density at radius 1 is 1.21 bits per heavy atom. The lowest BCUT2D eigenvalue weighted by Gasteiger charge is -2.04. The van der Waals surface area contributed by atoms with Gasteiger partial charge >= 0.3 is 0 Å². The van der Waals surface area contributed by atoms with Gasteiger partial charge < -0.3 is 0 Å². The van der Waals surface area contributed by atoms with Gasteiger partial charge in [-0.25, -0.2) is 4.39 Å². The summed E-state index contributed by atoms with van der Waals surface area (Å²) in [6.45, 7) is 1.87. The van der Waals surface area contributed by atoms with E-state index in [1.54, 1.807) is 17.4 Å². The van der Waals surface area contributed by atoms with Crippen molar-refractivity contribution < 1.29 is 4.39 Å². The highest BCUT2D eigenvalue weighted by Gasteiger charge is 2.22. The zero-order valence-corrected chi connectivity index (χ0v) is 8.62. The summed E-state index contributed by atoms with van der Waals surface area (Å²) < 4.78 is 13.3. The predicted octanol–water partition coefficient (Wildman–Crippen LogP) is 3.77. The number of rotatable bonds is 0. The van der Waals surface area contributed by atoms with Gasteiger partial charge in [0.25, 0.3) is 0 Å². The van der Waals surface area contributed by atoms with Gasteiger partial charge in [-0.05, 0) is 46.7 Å². The van der Waals surface area contributed by atoms with E-state index in [2.05, 4.69) is 11.4 Å². The van der Waals surface area contributed by atoms with Crippen molar-refractivity contribution in [3.8, 4) is 11.1 Å². The quantitative estimate of drug-likeness (QED) is 0.523. The van der Waals surface area contributed by atoms with E-state index in [-0.39, 0.29) is 5.82 Å². The van der Waals surface area contributed by atoms with Crippen LogP contribution < -0.4 is 0 Å². The number of hydrogen-bond donors (Lipinski definition) is 0. The van der Waals surface area contributed by atoms with Crippen LogP contribution in [0, 0.1) is 12.7 Å². The fourth-order valence-electron chi connectivity index (χ4n) is 2.09. The van der Waals surface area contributed by atoms with Gasteiger partial charge in [0.05, 0.1) is 0 Å². The highest BCUT2D eigenvalue weighted by atomic mass is 32.1. The third kappa shape index (κ3) is 0.919. The summed E-state index contributed by atoms with van der Waals surface area (Å²) in [5, 5.41) is 2.10. The fraction of sp³-hybridized carbons (Fsp3) is 0.167. The topological polar surface area (TPSA) is 0 Å². The number of thiophene rings is 1. The SMILES string of the molecule is Cc1c(F)ccc2c1Cc1sccc1-2. The highest BCUT2D eigenvalue weighted by Crippen LogP contribution is 2.41. The molecule has 1 aromatic carbocycles. The van der Waals surface area contributed by atoms with Gasteiger partial charge in [-0.2, -0.15) is 0 Å². The van der Waals surface area contributed by atoms with E-state index in [0.29, 0.717) is 0 Å². The van der Waals surface area contributed by atoms with E-state index in [9.17, 15) is 4.39 Å². The van der Waals surface area contributed by atoms with Crippen LogP contribution in [0.2, 0.25) is 0 Å². The van der Waals surface area contributed by atoms with Crippen LogP contribution in [0.4, 0.5) is 4.39 Å². The Bertz CT molecular complexity index is 511. The molecule has 2 heteroatoms. The van der Waals surface area contributed by atoms with Gasteiger partial charge in [-0.1, -0.05) is 6.07 Å². The molecule has 0 spiro atoms. The van der Waals surface area contributed by atoms with Crippen LogP contribution in [0.5, 0.6) is 0 Å². The predicted molar refractivity (Wildman–Crippen MR) is 57.3 cm³/mol. The molecule has 0 nitrogen and oxygen atoms in total. The molecule has 0 unspecified atom stereocenters. The summed E-state index contributed by atoms with van der Waals surface area (Å²) in [5.41, 5.74) is 4.51. The molecule has 0 saturated carbocycles. The summed E-state index contributed by atoms with van der Waals surface area (Å²) in [5.74, 6) is -0.0843. The molecule has 14 heavy (non-hydrogen) atoms. The van der Waals surface area contributed by atoms with Gasteiger partial charge in [0.2, 0.25) is 0 Å². The molecule has 0 amide bonds. The molecule has 0 saturated heterocycles. The molecule has 3 rings (SSSR count). The highest BCUT2D eigenvalue weighted by molar-refractivity contribution is 7.10. The maximum absolute atomic E-state index is 13.3. The van der Waals surface area contributed by atoms with Crippen molar-refractivity contribution in [2.75, 3.05) is 0 Å². The molecule has 1 aliphatic carbocycles. The average Bonchev–Trinajstić information content (AvgIpc) is 2.71.